The van der Waals surface area contributed by atoms with Crippen LogP contribution in [0.1, 0.15) is 31.9 Å². The number of urea groups is 1. The molecule has 116 valence electrons. The molecule has 0 saturated carbocycles. The van der Waals surface area contributed by atoms with Gasteiger partial charge in [-0.15, -0.1) is 0 Å². The topological polar surface area (TPSA) is 98.7 Å². The first-order valence-corrected chi connectivity index (χ1v) is 6.43. The van der Waals surface area contributed by atoms with Crippen molar-refractivity contribution in [3.05, 3.63) is 35.6 Å². The lowest BCUT2D eigenvalue weighted by Crippen LogP contribution is -2.46. The minimum atomic E-state index is -1.54. The zero-order valence-corrected chi connectivity index (χ0v) is 11.9. The molecule has 7 heteroatoms. The summed E-state index contributed by atoms with van der Waals surface area (Å²) in [4.78, 5) is 22.2. The Hall–Kier alpha value is -2.15. The maximum atomic E-state index is 13.1. The summed E-state index contributed by atoms with van der Waals surface area (Å²) in [6.07, 6.45) is -0.479. The van der Waals surface area contributed by atoms with Crippen molar-refractivity contribution in [3.8, 4) is 0 Å². The second kappa shape index (κ2) is 7.03. The summed E-state index contributed by atoms with van der Waals surface area (Å²) >= 11 is 0. The third-order valence-corrected chi connectivity index (χ3v) is 2.86. The molecule has 2 amide bonds. The smallest absolute Gasteiger partial charge is 0.315 e. The van der Waals surface area contributed by atoms with Crippen LogP contribution in [0.15, 0.2) is 24.3 Å². The summed E-state index contributed by atoms with van der Waals surface area (Å²) in [6.45, 7) is 2.79. The predicted octanol–water partition coefficient (Wildman–Crippen LogP) is 1.41. The molecule has 0 heterocycles. The number of aliphatic hydroxyl groups is 1. The van der Waals surface area contributed by atoms with Crippen molar-refractivity contribution in [2.24, 2.45) is 0 Å². The zero-order chi connectivity index (χ0) is 16.0. The average molecular weight is 298 g/mol. The molecular formula is C14H19FN2O4. The molecule has 0 spiro atoms. The number of hydrogen-bond acceptors (Lipinski definition) is 3. The van der Waals surface area contributed by atoms with E-state index in [0.717, 1.165) is 0 Å². The van der Waals surface area contributed by atoms with Crippen LogP contribution in [0.3, 0.4) is 0 Å². The predicted molar refractivity (Wildman–Crippen MR) is 74.2 cm³/mol. The van der Waals surface area contributed by atoms with Gasteiger partial charge in [-0.2, -0.15) is 0 Å². The molecule has 2 atom stereocenters. The molecule has 0 aromatic heterocycles. The molecule has 21 heavy (non-hydrogen) atoms. The number of nitrogens with one attached hydrogen (secondary N) is 2. The summed E-state index contributed by atoms with van der Waals surface area (Å²) in [6, 6.07) is 4.83. The SMILES string of the molecule is CC(NC(=O)NCC(C)(O)CC(=O)O)c1cccc(F)c1. The van der Waals surface area contributed by atoms with Crippen LogP contribution in [0.25, 0.3) is 0 Å². The van der Waals surface area contributed by atoms with Crippen LogP contribution >= 0.6 is 0 Å². The summed E-state index contributed by atoms with van der Waals surface area (Å²) in [5.41, 5.74) is -0.937. The van der Waals surface area contributed by atoms with Crippen LogP contribution in [0, 0.1) is 5.82 Å². The average Bonchev–Trinajstić information content (AvgIpc) is 2.35. The molecule has 0 fully saturated rings. The van der Waals surface area contributed by atoms with Gasteiger partial charge in [0.15, 0.2) is 0 Å². The second-order valence-electron chi connectivity index (χ2n) is 5.17. The zero-order valence-electron chi connectivity index (χ0n) is 11.9. The molecule has 6 nitrogen and oxygen atoms in total. The largest absolute Gasteiger partial charge is 0.481 e. The quantitative estimate of drug-likeness (QED) is 0.638. The van der Waals surface area contributed by atoms with Gasteiger partial charge in [0, 0.05) is 6.54 Å². The third kappa shape index (κ3) is 6.22. The van der Waals surface area contributed by atoms with Crippen LogP contribution in [-0.4, -0.2) is 34.4 Å². The molecule has 0 saturated heterocycles. The Morgan fingerprint density at radius 2 is 2.10 bits per heavy atom. The van der Waals surface area contributed by atoms with E-state index < -0.39 is 35.9 Å². The Morgan fingerprint density at radius 1 is 1.43 bits per heavy atom. The minimum absolute atomic E-state index is 0.207. The fourth-order valence-electron chi connectivity index (χ4n) is 1.77. The molecule has 4 N–H and O–H groups in total. The summed E-state index contributed by atoms with van der Waals surface area (Å²) in [7, 11) is 0. The molecule has 2 unspecified atom stereocenters. The number of carboxylic acids is 1. The molecule has 1 aromatic rings. The Bertz CT molecular complexity index is 519. The van der Waals surface area contributed by atoms with Gasteiger partial charge in [-0.25, -0.2) is 9.18 Å². The van der Waals surface area contributed by atoms with Crippen molar-refractivity contribution in [1.82, 2.24) is 10.6 Å². The Labute approximate surface area is 122 Å². The lowest BCUT2D eigenvalue weighted by Gasteiger charge is -2.22. The molecule has 0 radical (unpaired) electrons. The van der Waals surface area contributed by atoms with E-state index in [4.69, 9.17) is 5.11 Å². The van der Waals surface area contributed by atoms with Gasteiger partial charge < -0.3 is 20.8 Å². The first kappa shape index (κ1) is 16.9. The minimum Gasteiger partial charge on any atom is -0.481 e. The van der Waals surface area contributed by atoms with E-state index in [-0.39, 0.29) is 6.54 Å². The van der Waals surface area contributed by atoms with E-state index >= 15 is 0 Å². The van der Waals surface area contributed by atoms with E-state index in [1.807, 2.05) is 0 Å². The van der Waals surface area contributed by atoms with Gasteiger partial charge in [-0.1, -0.05) is 12.1 Å². The van der Waals surface area contributed by atoms with Crippen LogP contribution in [0.5, 0.6) is 0 Å². The maximum Gasteiger partial charge on any atom is 0.315 e. The first-order valence-electron chi connectivity index (χ1n) is 6.43. The highest BCUT2D eigenvalue weighted by atomic mass is 19.1. The van der Waals surface area contributed by atoms with E-state index in [9.17, 15) is 19.1 Å². The van der Waals surface area contributed by atoms with Crippen molar-refractivity contribution in [1.29, 1.82) is 0 Å². The van der Waals surface area contributed by atoms with Gasteiger partial charge in [-0.3, -0.25) is 4.79 Å². The van der Waals surface area contributed by atoms with Gasteiger partial charge in [0.1, 0.15) is 5.82 Å². The van der Waals surface area contributed by atoms with Crippen LogP contribution in [0.4, 0.5) is 9.18 Å². The standard InChI is InChI=1S/C14H19FN2O4/c1-9(10-4-3-5-11(15)6-10)17-13(20)16-8-14(2,21)7-12(18)19/h3-6,9,21H,7-8H2,1-2H3,(H,18,19)(H2,16,17,20). The molecule has 1 aromatic carbocycles. The van der Waals surface area contributed by atoms with Crippen molar-refractivity contribution < 1.29 is 24.2 Å². The highest BCUT2D eigenvalue weighted by molar-refractivity contribution is 5.74. The second-order valence-corrected chi connectivity index (χ2v) is 5.17. The van der Waals surface area contributed by atoms with Gasteiger partial charge in [0.05, 0.1) is 18.1 Å². The molecule has 0 bridgehead atoms. The van der Waals surface area contributed by atoms with Crippen molar-refractivity contribution >= 4 is 12.0 Å². The third-order valence-electron chi connectivity index (χ3n) is 2.86. The first-order chi connectivity index (χ1) is 9.69. The number of aliphatic carboxylic acids is 1. The van der Waals surface area contributed by atoms with E-state index in [2.05, 4.69) is 10.6 Å². The van der Waals surface area contributed by atoms with Crippen molar-refractivity contribution in [2.75, 3.05) is 6.54 Å². The molecule has 1 rings (SSSR count). The monoisotopic (exact) mass is 298 g/mol. The van der Waals surface area contributed by atoms with Gasteiger partial charge >= 0.3 is 12.0 Å². The molecule has 0 aliphatic heterocycles. The van der Waals surface area contributed by atoms with Gasteiger partial charge in [0.25, 0.3) is 0 Å². The number of benzene rings is 1. The Kier molecular flexibility index (Phi) is 5.66. The summed E-state index contributed by atoms with van der Waals surface area (Å²) in [5.74, 6) is -1.55. The van der Waals surface area contributed by atoms with Crippen LogP contribution in [-0.2, 0) is 4.79 Å². The highest BCUT2D eigenvalue weighted by Crippen LogP contribution is 2.13. The summed E-state index contributed by atoms with van der Waals surface area (Å²) < 4.78 is 13.1. The molecule has 0 aliphatic carbocycles. The lowest BCUT2D eigenvalue weighted by atomic mass is 10.0. The Morgan fingerprint density at radius 3 is 2.67 bits per heavy atom. The fraction of sp³-hybridized carbons (Fsp3) is 0.429. The van der Waals surface area contributed by atoms with Crippen molar-refractivity contribution in [2.45, 2.75) is 31.9 Å². The van der Waals surface area contributed by atoms with E-state index in [0.29, 0.717) is 5.56 Å². The van der Waals surface area contributed by atoms with Gasteiger partial charge in [0.2, 0.25) is 0 Å². The van der Waals surface area contributed by atoms with E-state index in [1.165, 1.54) is 19.1 Å². The number of rotatable bonds is 6. The molecule has 0 aliphatic rings. The maximum absolute atomic E-state index is 13.1. The number of carbonyl (C=O) groups excluding carboxylic acids is 1. The number of carboxylic acid groups (broad SMARTS) is 1. The van der Waals surface area contributed by atoms with Gasteiger partial charge in [-0.05, 0) is 31.5 Å². The van der Waals surface area contributed by atoms with Crippen LogP contribution < -0.4 is 10.6 Å². The fourth-order valence-corrected chi connectivity index (χ4v) is 1.77. The van der Waals surface area contributed by atoms with E-state index in [1.54, 1.807) is 19.1 Å². The number of hydrogen-bond donors (Lipinski definition) is 4. The lowest BCUT2D eigenvalue weighted by molar-refractivity contribution is -0.141. The molecular weight excluding hydrogens is 279 g/mol. The normalized spacial score (nSPS) is 14.9. The number of carbonyl (C=O) groups is 2. The summed E-state index contributed by atoms with van der Waals surface area (Å²) in [5, 5.41) is 23.3. The van der Waals surface area contributed by atoms with Crippen LogP contribution in [0.2, 0.25) is 0 Å². The number of halogens is 1. The van der Waals surface area contributed by atoms with Crippen molar-refractivity contribution in [3.63, 3.8) is 0 Å². The Balaban J connectivity index is 2.48. The number of amides is 2. The highest BCUT2D eigenvalue weighted by Gasteiger charge is 2.25.